The van der Waals surface area contributed by atoms with E-state index in [1.807, 2.05) is 66.1 Å². The van der Waals surface area contributed by atoms with Gasteiger partial charge in [0.05, 0.1) is 11.4 Å². The molecule has 8 nitrogen and oxygen atoms in total. The average molecular weight is 466 g/mol. The molecule has 1 fully saturated rings. The van der Waals surface area contributed by atoms with Gasteiger partial charge in [-0.15, -0.1) is 10.2 Å². The van der Waals surface area contributed by atoms with E-state index in [-0.39, 0.29) is 18.1 Å². The van der Waals surface area contributed by atoms with Gasteiger partial charge in [0.1, 0.15) is 6.04 Å². The van der Waals surface area contributed by atoms with E-state index in [0.29, 0.717) is 5.16 Å². The van der Waals surface area contributed by atoms with Gasteiger partial charge in [0.25, 0.3) is 0 Å². The number of carbonyl (C=O) groups excluding carboxylic acids is 1. The van der Waals surface area contributed by atoms with Crippen molar-refractivity contribution in [2.45, 2.75) is 37.4 Å². The summed E-state index contributed by atoms with van der Waals surface area (Å²) in [7, 11) is 0. The summed E-state index contributed by atoms with van der Waals surface area (Å²) in [6.45, 7) is 3.88. The third-order valence-corrected chi connectivity index (χ3v) is 6.47. The van der Waals surface area contributed by atoms with Gasteiger partial charge in [0.15, 0.2) is 5.16 Å². The van der Waals surface area contributed by atoms with Crippen molar-refractivity contribution in [1.82, 2.24) is 20.1 Å². The van der Waals surface area contributed by atoms with Crippen LogP contribution in [0.5, 0.6) is 0 Å². The summed E-state index contributed by atoms with van der Waals surface area (Å²) in [6.07, 6.45) is 2.46. The van der Waals surface area contributed by atoms with Crippen molar-refractivity contribution in [2.75, 3.05) is 23.7 Å². The van der Waals surface area contributed by atoms with Crippen molar-refractivity contribution >= 4 is 29.6 Å². The van der Waals surface area contributed by atoms with Crippen LogP contribution in [0, 0.1) is 6.92 Å². The molecule has 0 spiro atoms. The SMILES string of the molecule is Cc1ccc(-n2c(SCC(=O)NC(Cc3ccccc3)C(=O)O)nnc2N2CCCC2)cc1. The van der Waals surface area contributed by atoms with Crippen LogP contribution < -0.4 is 10.2 Å². The normalized spacial score (nSPS) is 14.3. The zero-order valence-electron chi connectivity index (χ0n) is 18.5. The predicted molar refractivity (Wildman–Crippen MR) is 128 cm³/mol. The number of hydrogen-bond donors (Lipinski definition) is 2. The quantitative estimate of drug-likeness (QED) is 0.469. The molecule has 1 unspecified atom stereocenters. The molecule has 0 saturated carbocycles. The molecular formula is C24H27N5O3S. The number of nitrogens with one attached hydrogen (secondary N) is 1. The number of thioether (sulfide) groups is 1. The molecule has 4 rings (SSSR count). The number of carbonyl (C=O) groups is 2. The molecule has 1 atom stereocenters. The summed E-state index contributed by atoms with van der Waals surface area (Å²) < 4.78 is 1.97. The van der Waals surface area contributed by atoms with Gasteiger partial charge in [0.2, 0.25) is 11.9 Å². The highest BCUT2D eigenvalue weighted by atomic mass is 32.2. The summed E-state index contributed by atoms with van der Waals surface area (Å²) in [6, 6.07) is 16.4. The maximum atomic E-state index is 12.6. The van der Waals surface area contributed by atoms with Crippen molar-refractivity contribution in [3.8, 4) is 5.69 Å². The molecule has 1 amide bonds. The van der Waals surface area contributed by atoms with Gasteiger partial charge in [-0.05, 0) is 37.5 Å². The summed E-state index contributed by atoms with van der Waals surface area (Å²) in [4.78, 5) is 26.5. The van der Waals surface area contributed by atoms with Crippen molar-refractivity contribution in [3.05, 3.63) is 65.7 Å². The standard InChI is InChI=1S/C24H27N5O3S/c1-17-9-11-19(12-10-17)29-23(28-13-5-6-14-28)26-27-24(29)33-16-21(30)25-20(22(31)32)15-18-7-3-2-4-8-18/h2-4,7-12,20H,5-6,13-16H2,1H3,(H,25,30)(H,31,32). The molecule has 0 bridgehead atoms. The van der Waals surface area contributed by atoms with E-state index < -0.39 is 12.0 Å². The number of amides is 1. The van der Waals surface area contributed by atoms with Gasteiger partial charge in [-0.2, -0.15) is 0 Å². The van der Waals surface area contributed by atoms with E-state index in [9.17, 15) is 14.7 Å². The van der Waals surface area contributed by atoms with Gasteiger partial charge in [0, 0.05) is 19.5 Å². The molecule has 172 valence electrons. The van der Waals surface area contributed by atoms with E-state index in [1.54, 1.807) is 0 Å². The zero-order valence-corrected chi connectivity index (χ0v) is 19.3. The number of hydrogen-bond acceptors (Lipinski definition) is 6. The Bertz CT molecular complexity index is 1100. The molecule has 1 aromatic heterocycles. The van der Waals surface area contributed by atoms with Crippen molar-refractivity contribution in [3.63, 3.8) is 0 Å². The first kappa shape index (κ1) is 22.8. The molecule has 0 radical (unpaired) electrons. The minimum absolute atomic E-state index is 0.0442. The topological polar surface area (TPSA) is 100 Å². The number of nitrogens with zero attached hydrogens (tertiary/aromatic N) is 4. The fourth-order valence-corrected chi connectivity index (χ4v) is 4.57. The maximum Gasteiger partial charge on any atom is 0.326 e. The molecule has 0 aliphatic carbocycles. The number of benzene rings is 2. The highest BCUT2D eigenvalue weighted by Gasteiger charge is 2.24. The summed E-state index contributed by atoms with van der Waals surface area (Å²) in [5.74, 6) is -0.602. The number of carboxylic acid groups (broad SMARTS) is 1. The number of rotatable bonds is 9. The van der Waals surface area contributed by atoms with E-state index in [2.05, 4.69) is 20.4 Å². The van der Waals surface area contributed by atoms with Gasteiger partial charge >= 0.3 is 5.97 Å². The van der Waals surface area contributed by atoms with Crippen LogP contribution in [0.2, 0.25) is 0 Å². The Morgan fingerprint density at radius 3 is 2.42 bits per heavy atom. The summed E-state index contributed by atoms with van der Waals surface area (Å²) in [5, 5.41) is 21.6. The number of aryl methyl sites for hydroxylation is 1. The largest absolute Gasteiger partial charge is 0.480 e. The number of carboxylic acids is 1. The van der Waals surface area contributed by atoms with Gasteiger partial charge in [-0.1, -0.05) is 59.8 Å². The van der Waals surface area contributed by atoms with Crippen LogP contribution in [0.1, 0.15) is 24.0 Å². The van der Waals surface area contributed by atoms with Crippen LogP contribution in [0.4, 0.5) is 5.95 Å². The zero-order chi connectivity index (χ0) is 23.2. The molecule has 9 heteroatoms. The van der Waals surface area contributed by atoms with Crippen LogP contribution in [-0.2, 0) is 16.0 Å². The van der Waals surface area contributed by atoms with Crippen LogP contribution in [0.3, 0.4) is 0 Å². The third-order valence-electron chi connectivity index (χ3n) is 5.55. The fourth-order valence-electron chi connectivity index (χ4n) is 3.81. The van der Waals surface area contributed by atoms with E-state index in [4.69, 9.17) is 0 Å². The van der Waals surface area contributed by atoms with E-state index >= 15 is 0 Å². The minimum Gasteiger partial charge on any atom is -0.480 e. The second-order valence-corrected chi connectivity index (χ2v) is 9.03. The van der Waals surface area contributed by atoms with E-state index in [0.717, 1.165) is 48.7 Å². The Labute approximate surface area is 197 Å². The Balaban J connectivity index is 1.47. The van der Waals surface area contributed by atoms with Gasteiger partial charge in [-0.25, -0.2) is 4.79 Å². The minimum atomic E-state index is -1.06. The van der Waals surface area contributed by atoms with Crippen LogP contribution >= 0.6 is 11.8 Å². The molecule has 2 aromatic carbocycles. The maximum absolute atomic E-state index is 12.6. The fraction of sp³-hybridized carbons (Fsp3) is 0.333. The molecule has 2 heterocycles. The number of anilines is 1. The molecule has 33 heavy (non-hydrogen) atoms. The Morgan fingerprint density at radius 1 is 1.06 bits per heavy atom. The first-order valence-electron chi connectivity index (χ1n) is 11.0. The highest BCUT2D eigenvalue weighted by molar-refractivity contribution is 7.99. The van der Waals surface area contributed by atoms with Gasteiger partial charge < -0.3 is 15.3 Å². The van der Waals surface area contributed by atoms with Crippen LogP contribution in [0.15, 0.2) is 59.8 Å². The van der Waals surface area contributed by atoms with Crippen molar-refractivity contribution < 1.29 is 14.7 Å². The lowest BCUT2D eigenvalue weighted by molar-refractivity contribution is -0.141. The number of aliphatic carboxylic acids is 1. The average Bonchev–Trinajstić information content (AvgIpc) is 3.48. The van der Waals surface area contributed by atoms with E-state index in [1.165, 1.54) is 11.8 Å². The Morgan fingerprint density at radius 2 is 1.76 bits per heavy atom. The molecule has 1 aliphatic rings. The lowest BCUT2D eigenvalue weighted by Gasteiger charge is -2.18. The summed E-state index contributed by atoms with van der Waals surface area (Å²) >= 11 is 1.25. The highest BCUT2D eigenvalue weighted by Crippen LogP contribution is 2.28. The number of aromatic nitrogens is 3. The first-order valence-corrected chi connectivity index (χ1v) is 12.0. The van der Waals surface area contributed by atoms with Crippen LogP contribution in [0.25, 0.3) is 5.69 Å². The smallest absolute Gasteiger partial charge is 0.326 e. The first-order chi connectivity index (χ1) is 16.0. The molecule has 1 aliphatic heterocycles. The monoisotopic (exact) mass is 465 g/mol. The molecule has 2 N–H and O–H groups in total. The third kappa shape index (κ3) is 5.73. The lowest BCUT2D eigenvalue weighted by atomic mass is 10.1. The Kier molecular flexibility index (Phi) is 7.29. The van der Waals surface area contributed by atoms with Crippen molar-refractivity contribution in [2.24, 2.45) is 0 Å². The lowest BCUT2D eigenvalue weighted by Crippen LogP contribution is -2.43. The van der Waals surface area contributed by atoms with Crippen molar-refractivity contribution in [1.29, 1.82) is 0 Å². The predicted octanol–water partition coefficient (Wildman–Crippen LogP) is 3.08. The second kappa shape index (κ2) is 10.5. The Hall–Kier alpha value is -3.33. The van der Waals surface area contributed by atoms with Crippen LogP contribution in [-0.4, -0.2) is 56.6 Å². The molecule has 3 aromatic rings. The second-order valence-electron chi connectivity index (χ2n) is 8.08. The molecular weight excluding hydrogens is 438 g/mol. The molecule has 1 saturated heterocycles. The summed E-state index contributed by atoms with van der Waals surface area (Å²) in [5.41, 5.74) is 2.94. The van der Waals surface area contributed by atoms with Gasteiger partial charge in [-0.3, -0.25) is 9.36 Å².